The highest BCUT2D eigenvalue weighted by Gasteiger charge is 2.04. The molecule has 58 valence electrons. The van der Waals surface area contributed by atoms with Gasteiger partial charge in [0.15, 0.2) is 0 Å². The van der Waals surface area contributed by atoms with Gasteiger partial charge in [0.05, 0.1) is 0 Å². The first-order valence-corrected chi connectivity index (χ1v) is 4.79. The van der Waals surface area contributed by atoms with Crippen LogP contribution in [0.2, 0.25) is 0 Å². The van der Waals surface area contributed by atoms with E-state index in [0.717, 1.165) is 11.7 Å². The summed E-state index contributed by atoms with van der Waals surface area (Å²) in [5.74, 6) is 1.99. The Labute approximate surface area is 67.6 Å². The van der Waals surface area contributed by atoms with Crippen LogP contribution in [0.15, 0.2) is 12.3 Å². The highest BCUT2D eigenvalue weighted by Crippen LogP contribution is 2.18. The first kappa shape index (κ1) is 7.99. The van der Waals surface area contributed by atoms with Crippen LogP contribution in [0, 0.1) is 5.92 Å². The van der Waals surface area contributed by atoms with E-state index < -0.39 is 0 Å². The summed E-state index contributed by atoms with van der Waals surface area (Å²) in [7, 11) is 0. The third-order valence-corrected chi connectivity index (χ3v) is 2.51. The molecule has 1 rings (SSSR count). The van der Waals surface area contributed by atoms with Crippen molar-refractivity contribution in [3.8, 4) is 0 Å². The molecule has 1 heterocycles. The largest absolute Gasteiger partial charge is 0.323 e. The Balaban J connectivity index is 2.08. The highest BCUT2D eigenvalue weighted by molar-refractivity contribution is 7.97. The molecule has 0 saturated heterocycles. The zero-order valence-electron chi connectivity index (χ0n) is 6.71. The summed E-state index contributed by atoms with van der Waals surface area (Å²) in [6, 6.07) is 0. The first-order chi connectivity index (χ1) is 4.79. The second-order valence-corrected chi connectivity index (χ2v) is 4.06. The van der Waals surface area contributed by atoms with Crippen LogP contribution >= 0.6 is 11.9 Å². The van der Waals surface area contributed by atoms with Crippen molar-refractivity contribution in [1.82, 2.24) is 4.31 Å². The molecule has 0 aromatic carbocycles. The lowest BCUT2D eigenvalue weighted by atomic mass is 10.1. The fourth-order valence-corrected chi connectivity index (χ4v) is 1.64. The summed E-state index contributed by atoms with van der Waals surface area (Å²) in [5.41, 5.74) is 0. The average molecular weight is 157 g/mol. The van der Waals surface area contributed by atoms with Gasteiger partial charge in [0.2, 0.25) is 0 Å². The molecule has 1 aliphatic rings. The Morgan fingerprint density at radius 1 is 1.60 bits per heavy atom. The molecule has 1 aliphatic heterocycles. The van der Waals surface area contributed by atoms with E-state index in [0.29, 0.717) is 0 Å². The summed E-state index contributed by atoms with van der Waals surface area (Å²) in [5, 5.41) is 0. The maximum absolute atomic E-state index is 2.32. The van der Waals surface area contributed by atoms with Gasteiger partial charge in [-0.05, 0) is 24.3 Å². The van der Waals surface area contributed by atoms with Gasteiger partial charge in [-0.1, -0.05) is 19.9 Å². The fraction of sp³-hybridized carbons (Fsp3) is 0.750. The maximum Gasteiger partial charge on any atom is 0.0331 e. The Hall–Kier alpha value is -0.110. The molecule has 0 saturated carbocycles. The molecule has 0 spiro atoms. The topological polar surface area (TPSA) is 3.24 Å². The van der Waals surface area contributed by atoms with Gasteiger partial charge in [-0.2, -0.15) is 0 Å². The predicted octanol–water partition coefficient (Wildman–Crippen LogP) is 2.51. The summed E-state index contributed by atoms with van der Waals surface area (Å²) in [6.45, 7) is 5.74. The molecule has 2 heteroatoms. The zero-order valence-corrected chi connectivity index (χ0v) is 7.53. The Bertz CT molecular complexity index is 120. The molecule has 0 N–H and O–H groups in total. The standard InChI is InChI=1S/C8H15NS/c1-8(2)4-6-9-5-3-7-10-9/h3,5,8H,4,6-7H2,1-2H3. The van der Waals surface area contributed by atoms with Crippen molar-refractivity contribution in [2.45, 2.75) is 20.3 Å². The van der Waals surface area contributed by atoms with E-state index in [1.165, 1.54) is 13.0 Å². The third kappa shape index (κ3) is 2.65. The molecular formula is C8H15NS. The first-order valence-electron chi connectivity index (χ1n) is 3.85. The molecule has 0 aromatic rings. The van der Waals surface area contributed by atoms with Gasteiger partial charge in [0.1, 0.15) is 0 Å². The molecule has 0 bridgehead atoms. The smallest absolute Gasteiger partial charge is 0.0331 e. The number of rotatable bonds is 3. The number of hydrogen-bond donors (Lipinski definition) is 0. The van der Waals surface area contributed by atoms with Crippen LogP contribution in [0.25, 0.3) is 0 Å². The molecule has 0 atom stereocenters. The van der Waals surface area contributed by atoms with Crippen molar-refractivity contribution < 1.29 is 0 Å². The van der Waals surface area contributed by atoms with Crippen LogP contribution < -0.4 is 0 Å². The van der Waals surface area contributed by atoms with Gasteiger partial charge in [-0.15, -0.1) is 0 Å². The SMILES string of the molecule is CC(C)CCN1C=CCS1. The average Bonchev–Trinajstić information content (AvgIpc) is 2.34. The van der Waals surface area contributed by atoms with Crippen molar-refractivity contribution >= 4 is 11.9 Å². The molecule has 0 amide bonds. The monoisotopic (exact) mass is 157 g/mol. The van der Waals surface area contributed by atoms with E-state index in [-0.39, 0.29) is 0 Å². The van der Waals surface area contributed by atoms with Crippen molar-refractivity contribution in [2.24, 2.45) is 5.92 Å². The zero-order chi connectivity index (χ0) is 7.40. The van der Waals surface area contributed by atoms with Gasteiger partial charge in [-0.25, -0.2) is 0 Å². The molecule has 0 aromatic heterocycles. The summed E-state index contributed by atoms with van der Waals surface area (Å²) >= 11 is 1.91. The molecule has 0 fully saturated rings. The van der Waals surface area contributed by atoms with Gasteiger partial charge in [0, 0.05) is 18.5 Å². The van der Waals surface area contributed by atoms with Gasteiger partial charge >= 0.3 is 0 Å². The minimum Gasteiger partial charge on any atom is -0.323 e. The summed E-state index contributed by atoms with van der Waals surface area (Å²) in [4.78, 5) is 0. The van der Waals surface area contributed by atoms with E-state index in [2.05, 4.69) is 30.4 Å². The van der Waals surface area contributed by atoms with E-state index in [1.807, 2.05) is 11.9 Å². The predicted molar refractivity (Wildman–Crippen MR) is 47.8 cm³/mol. The number of nitrogens with zero attached hydrogens (tertiary/aromatic N) is 1. The van der Waals surface area contributed by atoms with E-state index in [4.69, 9.17) is 0 Å². The maximum atomic E-state index is 2.32. The lowest BCUT2D eigenvalue weighted by Gasteiger charge is -2.14. The summed E-state index contributed by atoms with van der Waals surface area (Å²) in [6.07, 6.45) is 5.70. The van der Waals surface area contributed by atoms with Gasteiger partial charge in [0.25, 0.3) is 0 Å². The van der Waals surface area contributed by atoms with Gasteiger partial charge in [-0.3, -0.25) is 0 Å². The Kier molecular flexibility index (Phi) is 3.13. The van der Waals surface area contributed by atoms with Crippen molar-refractivity contribution in [2.75, 3.05) is 12.3 Å². The van der Waals surface area contributed by atoms with Crippen LogP contribution in [0.1, 0.15) is 20.3 Å². The van der Waals surface area contributed by atoms with Gasteiger partial charge < -0.3 is 4.31 Å². The molecule has 10 heavy (non-hydrogen) atoms. The Morgan fingerprint density at radius 3 is 2.90 bits per heavy atom. The number of hydrogen-bond acceptors (Lipinski definition) is 2. The van der Waals surface area contributed by atoms with Crippen LogP contribution in [0.3, 0.4) is 0 Å². The molecule has 0 radical (unpaired) electrons. The quantitative estimate of drug-likeness (QED) is 0.579. The fourth-order valence-electron chi connectivity index (χ4n) is 0.867. The lowest BCUT2D eigenvalue weighted by molar-refractivity contribution is 0.501. The molecule has 1 nitrogen and oxygen atoms in total. The second kappa shape index (κ2) is 3.91. The van der Waals surface area contributed by atoms with Crippen LogP contribution in [0.4, 0.5) is 0 Å². The molecular weight excluding hydrogens is 142 g/mol. The second-order valence-electron chi connectivity index (χ2n) is 3.00. The van der Waals surface area contributed by atoms with Crippen molar-refractivity contribution in [1.29, 1.82) is 0 Å². The lowest BCUT2D eigenvalue weighted by Crippen LogP contribution is -2.08. The third-order valence-electron chi connectivity index (χ3n) is 1.54. The summed E-state index contributed by atoms with van der Waals surface area (Å²) < 4.78 is 2.32. The minimum absolute atomic E-state index is 0.828. The Morgan fingerprint density at radius 2 is 2.40 bits per heavy atom. The van der Waals surface area contributed by atoms with Crippen molar-refractivity contribution in [3.05, 3.63) is 12.3 Å². The van der Waals surface area contributed by atoms with E-state index in [9.17, 15) is 0 Å². The molecule has 0 unspecified atom stereocenters. The highest BCUT2D eigenvalue weighted by atomic mass is 32.2. The van der Waals surface area contributed by atoms with E-state index in [1.54, 1.807) is 0 Å². The van der Waals surface area contributed by atoms with E-state index >= 15 is 0 Å². The van der Waals surface area contributed by atoms with Crippen LogP contribution in [-0.2, 0) is 0 Å². The molecule has 0 aliphatic carbocycles. The normalized spacial score (nSPS) is 17.3. The van der Waals surface area contributed by atoms with Crippen molar-refractivity contribution in [3.63, 3.8) is 0 Å². The van der Waals surface area contributed by atoms with Crippen LogP contribution in [0.5, 0.6) is 0 Å². The minimum atomic E-state index is 0.828. The van der Waals surface area contributed by atoms with Crippen LogP contribution in [-0.4, -0.2) is 16.6 Å².